The summed E-state index contributed by atoms with van der Waals surface area (Å²) in [6.45, 7) is 7.71. The van der Waals surface area contributed by atoms with Crippen LogP contribution in [0, 0.1) is 5.82 Å². The molecule has 228 valence electrons. The fraction of sp³-hybridized carbons (Fsp3) is 0.469. The van der Waals surface area contributed by atoms with E-state index in [0.717, 1.165) is 36.1 Å². The molecule has 2 saturated heterocycles. The second-order valence-electron chi connectivity index (χ2n) is 12.7. The minimum Gasteiger partial charge on any atom is -0.444 e. The zero-order chi connectivity index (χ0) is 30.5. The summed E-state index contributed by atoms with van der Waals surface area (Å²) >= 11 is 1.43. The number of carbonyl (C=O) groups excluding carboxylic acids is 2. The maximum absolute atomic E-state index is 15.9. The number of aromatic nitrogens is 2. The van der Waals surface area contributed by atoms with Crippen molar-refractivity contribution < 1.29 is 23.1 Å². The van der Waals surface area contributed by atoms with Crippen LogP contribution in [-0.2, 0) is 10.4 Å². The first-order valence-electron chi connectivity index (χ1n) is 14.8. The van der Waals surface area contributed by atoms with Gasteiger partial charge >= 0.3 is 6.09 Å². The van der Waals surface area contributed by atoms with E-state index in [9.17, 15) is 9.59 Å². The van der Waals surface area contributed by atoms with Crippen LogP contribution in [0.1, 0.15) is 62.4 Å². The van der Waals surface area contributed by atoms with Crippen molar-refractivity contribution >= 4 is 38.5 Å². The lowest BCUT2D eigenvalue weighted by atomic mass is 9.85. The van der Waals surface area contributed by atoms with Crippen molar-refractivity contribution in [3.8, 4) is 11.3 Å². The van der Waals surface area contributed by atoms with Crippen molar-refractivity contribution in [2.24, 2.45) is 0 Å². The van der Waals surface area contributed by atoms with Gasteiger partial charge in [0.25, 0.3) is 5.91 Å². The quantitative estimate of drug-likeness (QED) is 0.291. The maximum Gasteiger partial charge on any atom is 0.410 e. The zero-order valence-corrected chi connectivity index (χ0v) is 25.8. The molecular formula is C32H37F2N5O3S. The monoisotopic (exact) mass is 609 g/mol. The van der Waals surface area contributed by atoms with Crippen LogP contribution in [0.5, 0.6) is 0 Å². The molecular weight excluding hydrogens is 572 g/mol. The second-order valence-corrected chi connectivity index (χ2v) is 13.8. The number of fused-ring (bicyclic) bond motifs is 3. The lowest BCUT2D eigenvalue weighted by Crippen LogP contribution is -2.45. The number of amides is 2. The van der Waals surface area contributed by atoms with Gasteiger partial charge in [-0.25, -0.2) is 18.6 Å². The number of nitrogens with one attached hydrogen (secondary N) is 1. The predicted molar refractivity (Wildman–Crippen MR) is 164 cm³/mol. The number of benzene rings is 2. The zero-order valence-electron chi connectivity index (χ0n) is 25.0. The second kappa shape index (κ2) is 11.2. The highest BCUT2D eigenvalue weighted by molar-refractivity contribution is 7.23. The number of hydrogen-bond donors (Lipinski definition) is 1. The van der Waals surface area contributed by atoms with Crippen LogP contribution in [0.4, 0.5) is 13.6 Å². The Hall–Kier alpha value is -3.57. The first-order valence-corrected chi connectivity index (χ1v) is 15.6. The van der Waals surface area contributed by atoms with Crippen LogP contribution < -0.4 is 5.32 Å². The molecule has 0 spiro atoms. The summed E-state index contributed by atoms with van der Waals surface area (Å²) in [7, 11) is 2.09. The number of nitrogens with zero attached hydrogens (tertiary/aromatic N) is 4. The van der Waals surface area contributed by atoms with Gasteiger partial charge in [-0.05, 0) is 89.6 Å². The molecule has 4 heterocycles. The Morgan fingerprint density at radius 3 is 2.47 bits per heavy atom. The van der Waals surface area contributed by atoms with E-state index in [-0.39, 0.29) is 49.0 Å². The van der Waals surface area contributed by atoms with Crippen molar-refractivity contribution in [2.45, 2.75) is 63.8 Å². The van der Waals surface area contributed by atoms with Gasteiger partial charge in [-0.3, -0.25) is 9.20 Å². The highest BCUT2D eigenvalue weighted by Crippen LogP contribution is 2.39. The normalized spacial score (nSPS) is 18.3. The van der Waals surface area contributed by atoms with E-state index in [1.807, 2.05) is 22.6 Å². The van der Waals surface area contributed by atoms with Crippen molar-refractivity contribution in [1.82, 2.24) is 24.5 Å². The molecule has 1 N–H and O–H groups in total. The molecule has 8 nitrogen and oxygen atoms in total. The molecule has 0 atom stereocenters. The molecule has 6 rings (SSSR count). The van der Waals surface area contributed by atoms with Gasteiger partial charge in [0, 0.05) is 49.3 Å². The number of imidazole rings is 1. The number of ether oxygens (including phenoxy) is 1. The molecule has 0 aliphatic carbocycles. The molecule has 0 saturated carbocycles. The largest absolute Gasteiger partial charge is 0.444 e. The van der Waals surface area contributed by atoms with E-state index in [4.69, 9.17) is 4.74 Å². The molecule has 2 fully saturated rings. The summed E-state index contributed by atoms with van der Waals surface area (Å²) in [6.07, 6.45) is 3.32. The molecule has 2 aliphatic rings. The van der Waals surface area contributed by atoms with Gasteiger partial charge in [-0.1, -0.05) is 17.4 Å². The van der Waals surface area contributed by atoms with Crippen molar-refractivity contribution in [3.63, 3.8) is 0 Å². The lowest BCUT2D eigenvalue weighted by Gasteiger charge is -2.37. The van der Waals surface area contributed by atoms with Gasteiger partial charge in [0.1, 0.15) is 17.1 Å². The van der Waals surface area contributed by atoms with E-state index < -0.39 is 23.2 Å². The highest BCUT2D eigenvalue weighted by Gasteiger charge is 2.39. The van der Waals surface area contributed by atoms with Crippen molar-refractivity contribution in [1.29, 1.82) is 0 Å². The maximum atomic E-state index is 15.9. The number of rotatable bonds is 4. The topological polar surface area (TPSA) is 79.2 Å². The third-order valence-electron chi connectivity index (χ3n) is 8.38. The van der Waals surface area contributed by atoms with E-state index >= 15 is 8.78 Å². The number of piperidine rings is 2. The minimum absolute atomic E-state index is 0.0647. The Balaban J connectivity index is 1.16. The highest BCUT2D eigenvalue weighted by atomic mass is 32.1. The molecule has 43 heavy (non-hydrogen) atoms. The minimum atomic E-state index is -1.74. The predicted octanol–water partition coefficient (Wildman–Crippen LogP) is 6.37. The van der Waals surface area contributed by atoms with Crippen LogP contribution in [-0.4, -0.2) is 76.1 Å². The number of carbonyl (C=O) groups is 2. The van der Waals surface area contributed by atoms with Gasteiger partial charge in [0.2, 0.25) is 0 Å². The van der Waals surface area contributed by atoms with Crippen LogP contribution in [0.3, 0.4) is 0 Å². The lowest BCUT2D eigenvalue weighted by molar-refractivity contribution is 0.00212. The Morgan fingerprint density at radius 1 is 1.07 bits per heavy atom. The summed E-state index contributed by atoms with van der Waals surface area (Å²) < 4.78 is 39.6. The van der Waals surface area contributed by atoms with E-state index in [2.05, 4.69) is 22.2 Å². The Labute approximate surface area is 253 Å². The van der Waals surface area contributed by atoms with Crippen LogP contribution >= 0.6 is 11.3 Å². The van der Waals surface area contributed by atoms with Crippen molar-refractivity contribution in [2.75, 3.05) is 33.2 Å². The Kier molecular flexibility index (Phi) is 7.66. The molecule has 0 bridgehead atoms. The molecule has 2 aromatic carbocycles. The Morgan fingerprint density at radius 2 is 1.79 bits per heavy atom. The van der Waals surface area contributed by atoms with Gasteiger partial charge in [0.05, 0.1) is 15.9 Å². The molecule has 0 radical (unpaired) electrons. The summed E-state index contributed by atoms with van der Waals surface area (Å²) in [5.74, 6) is -0.626. The van der Waals surface area contributed by atoms with E-state index in [1.54, 1.807) is 39.1 Å². The molecule has 2 aliphatic heterocycles. The third-order valence-corrected chi connectivity index (χ3v) is 9.40. The third kappa shape index (κ3) is 6.10. The molecule has 0 unspecified atom stereocenters. The smallest absolute Gasteiger partial charge is 0.410 e. The average molecular weight is 610 g/mol. The van der Waals surface area contributed by atoms with Crippen LogP contribution in [0.25, 0.3) is 26.4 Å². The first kappa shape index (κ1) is 29.5. The number of likely N-dealkylation sites (tertiary alicyclic amines) is 2. The van der Waals surface area contributed by atoms with Crippen LogP contribution in [0.15, 0.2) is 42.6 Å². The van der Waals surface area contributed by atoms with Crippen molar-refractivity contribution in [3.05, 3.63) is 59.5 Å². The number of halogens is 2. The molecule has 2 aromatic heterocycles. The number of hydrogen-bond acceptors (Lipinski definition) is 6. The number of alkyl halides is 1. The van der Waals surface area contributed by atoms with Gasteiger partial charge < -0.3 is 19.9 Å². The van der Waals surface area contributed by atoms with Crippen LogP contribution in [0.2, 0.25) is 0 Å². The Bertz CT molecular complexity index is 1680. The molecule has 2 amide bonds. The summed E-state index contributed by atoms with van der Waals surface area (Å²) in [4.78, 5) is 34.4. The van der Waals surface area contributed by atoms with E-state index in [1.165, 1.54) is 22.3 Å². The summed E-state index contributed by atoms with van der Waals surface area (Å²) in [5, 5.41) is 3.16. The first-order chi connectivity index (χ1) is 20.4. The average Bonchev–Trinajstić information content (AvgIpc) is 3.51. The molecule has 4 aromatic rings. The fourth-order valence-corrected chi connectivity index (χ4v) is 6.90. The van der Waals surface area contributed by atoms with E-state index in [0.29, 0.717) is 16.2 Å². The van der Waals surface area contributed by atoms with Gasteiger partial charge in [-0.15, -0.1) is 0 Å². The number of thiazole rings is 1. The van der Waals surface area contributed by atoms with Gasteiger partial charge in [0.15, 0.2) is 4.96 Å². The summed E-state index contributed by atoms with van der Waals surface area (Å²) in [6, 6.07) is 10.2. The molecule has 11 heteroatoms. The summed E-state index contributed by atoms with van der Waals surface area (Å²) in [5.41, 5.74) is 0.126. The van der Waals surface area contributed by atoms with Gasteiger partial charge in [-0.2, -0.15) is 0 Å². The standard InChI is InChI=1S/C32H37F2N5O3S/c1-31(2,3)42-30(41)38-15-11-32(34,12-16-38)21-6-7-23(24(33)18-21)25-19-39-26-8-5-20(17-27(26)43-29(39)36-25)28(40)35-22-9-13-37(4)14-10-22/h5-8,17-19,22H,9-16H2,1-4H3,(H,35,40). The fourth-order valence-electron chi connectivity index (χ4n) is 5.85. The SMILES string of the molecule is CN1CCC(NC(=O)c2ccc3c(c2)sc2nc(-c4ccc(C5(F)CCN(C(=O)OC(C)(C)C)CC5)cc4F)cn23)CC1.